The minimum atomic E-state index is -4.01. The molecule has 0 fully saturated rings. The Morgan fingerprint density at radius 3 is 2.45 bits per heavy atom. The predicted octanol–water partition coefficient (Wildman–Crippen LogP) is 2.40. The van der Waals surface area contributed by atoms with Gasteiger partial charge in [0.25, 0.3) is 5.52 Å². The van der Waals surface area contributed by atoms with Crippen molar-refractivity contribution in [1.29, 1.82) is 0 Å². The lowest BCUT2D eigenvalue weighted by Gasteiger charge is -2.05. The van der Waals surface area contributed by atoms with Crippen LogP contribution < -0.4 is 4.85 Å². The maximum Gasteiger partial charge on any atom is 0.319 e. The molecule has 0 radical (unpaired) electrons. The monoisotopic (exact) mass is 355 g/mol. The molecule has 0 aliphatic rings. The van der Waals surface area contributed by atoms with Crippen molar-refractivity contribution >= 4 is 44.1 Å². The number of hydrogen-bond acceptors (Lipinski definition) is 5. The summed E-state index contributed by atoms with van der Waals surface area (Å²) in [4.78, 5) is 4.05. The van der Waals surface area contributed by atoms with Gasteiger partial charge in [-0.2, -0.15) is 0 Å². The Hall–Kier alpha value is -1.96. The average molecular weight is 356 g/mol. The van der Waals surface area contributed by atoms with Crippen molar-refractivity contribution in [1.82, 2.24) is 10.1 Å². The van der Waals surface area contributed by atoms with E-state index in [0.717, 1.165) is 0 Å². The molecule has 0 bridgehead atoms. The van der Waals surface area contributed by atoms with E-state index in [1.165, 1.54) is 24.3 Å². The second-order valence-electron chi connectivity index (χ2n) is 4.34. The van der Waals surface area contributed by atoms with Crippen LogP contribution in [0, 0.1) is 5.21 Å². The lowest BCUT2D eigenvalue weighted by Crippen LogP contribution is -2.35. The Morgan fingerprint density at radius 1 is 1.09 bits per heavy atom. The molecule has 22 heavy (non-hydrogen) atoms. The van der Waals surface area contributed by atoms with Crippen LogP contribution in [0.1, 0.15) is 0 Å². The van der Waals surface area contributed by atoms with Crippen molar-refractivity contribution in [3.63, 3.8) is 0 Å². The highest BCUT2D eigenvalue weighted by Gasteiger charge is 2.26. The zero-order valence-corrected chi connectivity index (χ0v) is 13.1. The molecule has 3 rings (SSSR count). The van der Waals surface area contributed by atoms with Gasteiger partial charge in [-0.3, -0.25) is 0 Å². The predicted molar refractivity (Wildman–Crippen MR) is 80.4 cm³/mol. The molecule has 9 heteroatoms. The smallest absolute Gasteiger partial charge is 0.319 e. The Kier molecular flexibility index (Phi) is 3.64. The summed E-state index contributed by atoms with van der Waals surface area (Å²) in [5.41, 5.74) is 0.00934. The first-order valence-corrected chi connectivity index (χ1v) is 8.20. The molecular weight excluding hydrogens is 349 g/mol. The van der Waals surface area contributed by atoms with E-state index < -0.39 is 15.0 Å². The van der Waals surface area contributed by atoms with Crippen molar-refractivity contribution in [2.45, 2.75) is 10.1 Å². The first-order valence-electron chi connectivity index (χ1n) is 5.96. The van der Waals surface area contributed by atoms with Crippen LogP contribution in [0.15, 0.2) is 52.5 Å². The number of benzene rings is 2. The van der Waals surface area contributed by atoms with Crippen molar-refractivity contribution in [3.05, 3.63) is 57.7 Å². The van der Waals surface area contributed by atoms with Crippen molar-refractivity contribution in [2.24, 2.45) is 0 Å². The van der Waals surface area contributed by atoms with Gasteiger partial charge in [0.05, 0.1) is 9.92 Å². The molecule has 2 aromatic carbocycles. The van der Waals surface area contributed by atoms with E-state index >= 15 is 0 Å². The normalized spacial score (nSPS) is 11.7. The summed E-state index contributed by atoms with van der Waals surface area (Å²) in [5, 5.41) is 15.1. The first kappa shape index (κ1) is 15.0. The number of sulfone groups is 1. The van der Waals surface area contributed by atoms with Gasteiger partial charge in [-0.15, -0.1) is 0 Å². The van der Waals surface area contributed by atoms with Gasteiger partial charge in [-0.25, -0.2) is 13.4 Å². The highest BCUT2D eigenvalue weighted by Crippen LogP contribution is 2.25. The van der Waals surface area contributed by atoms with Crippen LogP contribution in [0.2, 0.25) is 10.0 Å². The van der Waals surface area contributed by atoms with Gasteiger partial charge >= 0.3 is 5.16 Å². The standard InChI is InChI=1S/C13H7Cl2N3O3S/c14-8-6-10(15)12-11(7-8)18(19)17-13(16-12)22(20,21)9-4-2-1-3-5-9/h1-7H. The lowest BCUT2D eigenvalue weighted by molar-refractivity contribution is -0.647. The van der Waals surface area contributed by atoms with Gasteiger partial charge in [-0.05, 0) is 23.0 Å². The zero-order valence-electron chi connectivity index (χ0n) is 10.8. The van der Waals surface area contributed by atoms with Gasteiger partial charge in [0, 0.05) is 16.2 Å². The highest BCUT2D eigenvalue weighted by atomic mass is 35.5. The number of hydrogen-bond donors (Lipinski definition) is 0. The molecule has 0 saturated carbocycles. The molecule has 0 unspecified atom stereocenters. The van der Waals surface area contributed by atoms with Gasteiger partial charge in [0.15, 0.2) is 5.52 Å². The van der Waals surface area contributed by atoms with E-state index in [0.29, 0.717) is 0 Å². The van der Waals surface area contributed by atoms with Crippen molar-refractivity contribution in [2.75, 3.05) is 0 Å². The van der Waals surface area contributed by atoms with Gasteiger partial charge in [0.1, 0.15) is 0 Å². The molecule has 6 nitrogen and oxygen atoms in total. The minimum Gasteiger partial charge on any atom is -0.594 e. The Balaban J connectivity index is 2.30. The summed E-state index contributed by atoms with van der Waals surface area (Å²) in [7, 11) is -4.01. The Morgan fingerprint density at radius 2 is 1.77 bits per heavy atom. The number of rotatable bonds is 2. The fourth-order valence-corrected chi connectivity index (χ4v) is 3.52. The third-order valence-corrected chi connectivity index (χ3v) is 4.94. The van der Waals surface area contributed by atoms with Crippen molar-refractivity contribution in [3.8, 4) is 0 Å². The zero-order chi connectivity index (χ0) is 15.9. The summed E-state index contributed by atoms with van der Waals surface area (Å²) in [6, 6.07) is 10.3. The van der Waals surface area contributed by atoms with Crippen LogP contribution in [0.5, 0.6) is 0 Å². The van der Waals surface area contributed by atoms with Gasteiger partial charge in [-0.1, -0.05) is 41.4 Å². The van der Waals surface area contributed by atoms with Crippen LogP contribution in [0.4, 0.5) is 0 Å². The summed E-state index contributed by atoms with van der Waals surface area (Å²) in [6.45, 7) is 0. The molecule has 0 N–H and O–H groups in total. The average Bonchev–Trinajstić information content (AvgIpc) is 2.49. The van der Waals surface area contributed by atoms with E-state index in [4.69, 9.17) is 23.2 Å². The second-order valence-corrected chi connectivity index (χ2v) is 7.03. The SMILES string of the molecule is O=S(=O)(c1ccccc1)c1nc2c(Cl)cc(Cl)cc2[n+]([O-])n1. The Labute approximate surface area is 135 Å². The fourth-order valence-electron chi connectivity index (χ4n) is 1.88. The van der Waals surface area contributed by atoms with Crippen LogP contribution in [0.3, 0.4) is 0 Å². The van der Waals surface area contributed by atoms with E-state index in [9.17, 15) is 13.6 Å². The molecule has 0 aliphatic heterocycles. The number of aromatic nitrogens is 3. The van der Waals surface area contributed by atoms with Gasteiger partial charge in [0.2, 0.25) is 9.84 Å². The first-order chi connectivity index (χ1) is 10.4. The maximum atomic E-state index is 12.5. The minimum absolute atomic E-state index is 0.00971. The van der Waals surface area contributed by atoms with E-state index in [-0.39, 0.29) is 30.8 Å². The molecule has 0 spiro atoms. The Bertz CT molecular complexity index is 979. The van der Waals surface area contributed by atoms with Crippen LogP contribution in [-0.2, 0) is 9.84 Å². The molecule has 0 amide bonds. The molecule has 3 aromatic rings. The summed E-state index contributed by atoms with van der Waals surface area (Å²) in [6.07, 6.45) is 0. The maximum absolute atomic E-state index is 12.5. The topological polar surface area (TPSA) is 86.9 Å². The largest absolute Gasteiger partial charge is 0.594 e. The van der Waals surface area contributed by atoms with E-state index in [2.05, 4.69) is 10.1 Å². The molecule has 0 saturated heterocycles. The molecule has 0 aliphatic carbocycles. The molecule has 0 atom stereocenters. The molecular formula is C13H7Cl2N3O3S. The van der Waals surface area contributed by atoms with Gasteiger partial charge < -0.3 is 5.21 Å². The summed E-state index contributed by atoms with van der Waals surface area (Å²) < 4.78 is 24.9. The van der Waals surface area contributed by atoms with Crippen molar-refractivity contribution < 1.29 is 13.3 Å². The van der Waals surface area contributed by atoms with Crippen LogP contribution in [0.25, 0.3) is 11.0 Å². The quantitative estimate of drug-likeness (QED) is 0.520. The molecule has 1 aromatic heterocycles. The third kappa shape index (κ3) is 2.47. The van der Waals surface area contributed by atoms with E-state index in [1.54, 1.807) is 18.2 Å². The number of halogens is 2. The fraction of sp³-hybridized carbons (Fsp3) is 0. The second kappa shape index (κ2) is 5.35. The summed E-state index contributed by atoms with van der Waals surface area (Å²) in [5.74, 6) is 0. The number of nitrogens with zero attached hydrogens (tertiary/aromatic N) is 3. The lowest BCUT2D eigenvalue weighted by atomic mass is 10.3. The molecule has 112 valence electrons. The van der Waals surface area contributed by atoms with Crippen LogP contribution in [-0.4, -0.2) is 18.5 Å². The highest BCUT2D eigenvalue weighted by molar-refractivity contribution is 7.91. The summed E-state index contributed by atoms with van der Waals surface area (Å²) >= 11 is 11.8. The van der Waals surface area contributed by atoms with E-state index in [1.807, 2.05) is 0 Å². The van der Waals surface area contributed by atoms with Crippen LogP contribution >= 0.6 is 23.2 Å². The molecule has 1 heterocycles. The number of fused-ring (bicyclic) bond motifs is 1. The third-order valence-electron chi connectivity index (χ3n) is 2.89.